The summed E-state index contributed by atoms with van der Waals surface area (Å²) in [6.45, 7) is 2.80. The van der Waals surface area contributed by atoms with Gasteiger partial charge in [0.05, 0.1) is 25.7 Å². The standard InChI is InChI=1S/C27H29N7O4/c1-3-4-13-32-23-24(30-26(32)31-12-6-8-20(28)16-31)33(17-22(35)38-2)27(37)34(25(23)36)15-18-9-10-21-19(14-18)7-5-11-29-21/h5,7,9-11,14,20H,6,8,12-13,15-17,28H2,1-2H3. The summed E-state index contributed by atoms with van der Waals surface area (Å²) < 4.78 is 8.91. The van der Waals surface area contributed by atoms with Crippen LogP contribution in [0.5, 0.6) is 0 Å². The van der Waals surface area contributed by atoms with Crippen molar-refractivity contribution in [3.05, 3.63) is 62.9 Å². The molecule has 1 atom stereocenters. The number of carbonyl (C=O) groups excluding carboxylic acids is 1. The average Bonchev–Trinajstić information content (AvgIpc) is 3.31. The van der Waals surface area contributed by atoms with Crippen LogP contribution in [0.3, 0.4) is 0 Å². The van der Waals surface area contributed by atoms with Crippen molar-refractivity contribution in [2.24, 2.45) is 5.73 Å². The van der Waals surface area contributed by atoms with Crippen LogP contribution in [-0.4, -0.2) is 55.9 Å². The van der Waals surface area contributed by atoms with E-state index in [4.69, 9.17) is 15.5 Å². The van der Waals surface area contributed by atoms with Gasteiger partial charge in [0.2, 0.25) is 5.95 Å². The Hall–Kier alpha value is -4.43. The van der Waals surface area contributed by atoms with Crippen LogP contribution < -0.4 is 21.9 Å². The number of aromatic nitrogens is 5. The number of carbonyl (C=O) groups is 1. The number of pyridine rings is 1. The molecule has 1 aromatic carbocycles. The predicted octanol–water partition coefficient (Wildman–Crippen LogP) is 1.08. The molecule has 0 amide bonds. The van der Waals surface area contributed by atoms with Gasteiger partial charge in [0.25, 0.3) is 5.56 Å². The number of nitrogens with two attached hydrogens (primary N) is 1. The molecule has 0 saturated carbocycles. The highest BCUT2D eigenvalue weighted by molar-refractivity contribution is 5.79. The number of fused-ring (bicyclic) bond motifs is 2. The highest BCUT2D eigenvalue weighted by Crippen LogP contribution is 2.23. The molecule has 4 heterocycles. The summed E-state index contributed by atoms with van der Waals surface area (Å²) in [6.07, 6.45) is 3.48. The lowest BCUT2D eigenvalue weighted by molar-refractivity contribution is -0.141. The van der Waals surface area contributed by atoms with Crippen molar-refractivity contribution in [1.29, 1.82) is 0 Å². The van der Waals surface area contributed by atoms with Crippen LogP contribution in [0.1, 0.15) is 25.3 Å². The molecule has 0 bridgehead atoms. The van der Waals surface area contributed by atoms with Gasteiger partial charge in [-0.15, -0.1) is 5.92 Å². The lowest BCUT2D eigenvalue weighted by Gasteiger charge is -2.31. The van der Waals surface area contributed by atoms with E-state index in [9.17, 15) is 14.4 Å². The first-order valence-corrected chi connectivity index (χ1v) is 12.5. The van der Waals surface area contributed by atoms with Crippen LogP contribution in [0.2, 0.25) is 0 Å². The Bertz CT molecular complexity index is 1710. The summed E-state index contributed by atoms with van der Waals surface area (Å²) >= 11 is 0. The van der Waals surface area contributed by atoms with Gasteiger partial charge in [0.1, 0.15) is 6.54 Å². The third-order valence-electron chi connectivity index (χ3n) is 6.77. The summed E-state index contributed by atoms with van der Waals surface area (Å²) in [6, 6.07) is 9.28. The van der Waals surface area contributed by atoms with Gasteiger partial charge in [0.15, 0.2) is 11.2 Å². The minimum absolute atomic E-state index is 0.00811. The minimum Gasteiger partial charge on any atom is -0.468 e. The molecule has 196 valence electrons. The second kappa shape index (κ2) is 10.5. The maximum Gasteiger partial charge on any atom is 0.333 e. The molecule has 1 aliphatic rings. The van der Waals surface area contributed by atoms with E-state index in [1.807, 2.05) is 35.2 Å². The van der Waals surface area contributed by atoms with Crippen LogP contribution in [0, 0.1) is 11.8 Å². The predicted molar refractivity (Wildman–Crippen MR) is 144 cm³/mol. The fourth-order valence-corrected chi connectivity index (χ4v) is 4.90. The van der Waals surface area contributed by atoms with Crippen LogP contribution in [0.15, 0.2) is 46.1 Å². The number of rotatable bonds is 6. The zero-order chi connectivity index (χ0) is 26.8. The van der Waals surface area contributed by atoms with Crippen molar-refractivity contribution in [1.82, 2.24) is 23.7 Å². The summed E-state index contributed by atoms with van der Waals surface area (Å²) in [5, 5.41) is 0.890. The fraction of sp³-hybridized carbons (Fsp3) is 0.370. The number of anilines is 1. The molecule has 0 aliphatic carbocycles. The van der Waals surface area contributed by atoms with E-state index in [0.717, 1.165) is 33.9 Å². The highest BCUT2D eigenvalue weighted by atomic mass is 16.5. The van der Waals surface area contributed by atoms with Gasteiger partial charge < -0.3 is 15.4 Å². The van der Waals surface area contributed by atoms with Crippen molar-refractivity contribution in [3.8, 4) is 11.8 Å². The largest absolute Gasteiger partial charge is 0.468 e. The van der Waals surface area contributed by atoms with E-state index in [2.05, 4.69) is 16.8 Å². The van der Waals surface area contributed by atoms with Crippen LogP contribution in [0.4, 0.5) is 5.95 Å². The lowest BCUT2D eigenvalue weighted by Crippen LogP contribution is -2.44. The Morgan fingerprint density at radius 2 is 2.05 bits per heavy atom. The number of benzene rings is 1. The molecule has 11 nitrogen and oxygen atoms in total. The first kappa shape index (κ1) is 25.2. The van der Waals surface area contributed by atoms with E-state index in [1.165, 1.54) is 11.7 Å². The molecule has 4 aromatic rings. The summed E-state index contributed by atoms with van der Waals surface area (Å²) in [7, 11) is 1.25. The van der Waals surface area contributed by atoms with E-state index in [0.29, 0.717) is 19.0 Å². The summed E-state index contributed by atoms with van der Waals surface area (Å²) in [5.41, 5.74) is 6.96. The second-order valence-electron chi connectivity index (χ2n) is 9.31. The highest BCUT2D eigenvalue weighted by Gasteiger charge is 2.27. The molecule has 1 saturated heterocycles. The molecule has 0 spiro atoms. The maximum absolute atomic E-state index is 13.9. The minimum atomic E-state index is -0.646. The van der Waals surface area contributed by atoms with Gasteiger partial charge in [-0.25, -0.2) is 4.79 Å². The van der Waals surface area contributed by atoms with Gasteiger partial charge in [-0.05, 0) is 43.5 Å². The summed E-state index contributed by atoms with van der Waals surface area (Å²) in [5.74, 6) is 5.76. The molecule has 1 unspecified atom stereocenters. The first-order valence-electron chi connectivity index (χ1n) is 12.5. The molecule has 1 aliphatic heterocycles. The molecular weight excluding hydrogens is 486 g/mol. The SMILES string of the molecule is CC#CCn1c(N2CCCC(N)C2)nc2c1c(=O)n(Cc1ccc3ncccc3c1)c(=O)n2CC(=O)OC. The number of hydrogen-bond acceptors (Lipinski definition) is 8. The topological polar surface area (TPSA) is 130 Å². The van der Waals surface area contributed by atoms with E-state index < -0.39 is 17.2 Å². The van der Waals surface area contributed by atoms with E-state index in [1.54, 1.807) is 17.7 Å². The molecule has 3 aromatic heterocycles. The Balaban J connectivity index is 1.74. The Labute approximate surface area is 218 Å². The molecule has 11 heteroatoms. The number of methoxy groups -OCH3 is 1. The van der Waals surface area contributed by atoms with Gasteiger partial charge in [-0.2, -0.15) is 4.98 Å². The maximum atomic E-state index is 13.9. The molecule has 2 N–H and O–H groups in total. The van der Waals surface area contributed by atoms with Crippen molar-refractivity contribution in [2.45, 2.75) is 45.4 Å². The fourth-order valence-electron chi connectivity index (χ4n) is 4.90. The van der Waals surface area contributed by atoms with Gasteiger partial charge >= 0.3 is 11.7 Å². The van der Waals surface area contributed by atoms with Gasteiger partial charge in [-0.3, -0.25) is 28.3 Å². The zero-order valence-electron chi connectivity index (χ0n) is 21.4. The number of imidazole rings is 1. The average molecular weight is 516 g/mol. The molecule has 0 radical (unpaired) electrons. The second-order valence-corrected chi connectivity index (χ2v) is 9.31. The Kier molecular flexibility index (Phi) is 6.98. The smallest absolute Gasteiger partial charge is 0.333 e. The van der Waals surface area contributed by atoms with Crippen LogP contribution in [-0.2, 0) is 29.2 Å². The molecular formula is C27H29N7O4. The van der Waals surface area contributed by atoms with Gasteiger partial charge in [0, 0.05) is 30.7 Å². The van der Waals surface area contributed by atoms with Crippen molar-refractivity contribution in [2.75, 3.05) is 25.1 Å². The normalized spacial score (nSPS) is 15.4. The quantitative estimate of drug-likeness (QED) is 0.298. The summed E-state index contributed by atoms with van der Waals surface area (Å²) in [4.78, 5) is 51.0. The molecule has 38 heavy (non-hydrogen) atoms. The number of nitrogens with zero attached hydrogens (tertiary/aromatic N) is 6. The Morgan fingerprint density at radius 3 is 2.82 bits per heavy atom. The van der Waals surface area contributed by atoms with E-state index in [-0.39, 0.29) is 36.8 Å². The van der Waals surface area contributed by atoms with Crippen molar-refractivity contribution < 1.29 is 9.53 Å². The number of piperidine rings is 1. The third-order valence-corrected chi connectivity index (χ3v) is 6.77. The van der Waals surface area contributed by atoms with Crippen molar-refractivity contribution >= 4 is 34.0 Å². The number of hydrogen-bond donors (Lipinski definition) is 1. The lowest BCUT2D eigenvalue weighted by atomic mass is 10.1. The van der Waals surface area contributed by atoms with Crippen molar-refractivity contribution in [3.63, 3.8) is 0 Å². The zero-order valence-corrected chi connectivity index (χ0v) is 21.4. The monoisotopic (exact) mass is 515 g/mol. The Morgan fingerprint density at radius 1 is 1.21 bits per heavy atom. The van der Waals surface area contributed by atoms with Crippen LogP contribution in [0.25, 0.3) is 22.1 Å². The van der Waals surface area contributed by atoms with E-state index >= 15 is 0 Å². The van der Waals surface area contributed by atoms with Crippen LogP contribution >= 0.6 is 0 Å². The number of ether oxygens (including phenoxy) is 1. The third kappa shape index (κ3) is 4.66. The first-order chi connectivity index (χ1) is 18.4. The number of esters is 1. The molecule has 1 fully saturated rings. The van der Waals surface area contributed by atoms with Gasteiger partial charge in [-0.1, -0.05) is 18.1 Å². The molecule has 5 rings (SSSR count).